The Balaban J connectivity index is 1.72. The number of nitrogens with one attached hydrogen (secondary N) is 1. The lowest BCUT2D eigenvalue weighted by molar-refractivity contribution is 0.376. The van der Waals surface area contributed by atoms with Crippen LogP contribution in [0.3, 0.4) is 0 Å². The molecule has 0 atom stereocenters. The fourth-order valence-electron chi connectivity index (χ4n) is 2.62. The van der Waals surface area contributed by atoms with Crippen LogP contribution in [0, 0.1) is 0 Å². The highest BCUT2D eigenvalue weighted by molar-refractivity contribution is 7.89. The first kappa shape index (κ1) is 19.8. The van der Waals surface area contributed by atoms with Gasteiger partial charge in [-0.3, -0.25) is 0 Å². The second kappa shape index (κ2) is 8.41. The number of ether oxygens (including phenoxy) is 2. The quantitative estimate of drug-likeness (QED) is 0.617. The van der Waals surface area contributed by atoms with E-state index in [-0.39, 0.29) is 17.3 Å². The highest BCUT2D eigenvalue weighted by atomic mass is 32.2. The van der Waals surface area contributed by atoms with E-state index in [2.05, 4.69) is 14.9 Å². The number of methoxy groups -OCH3 is 2. The molecule has 0 unspecified atom stereocenters. The van der Waals surface area contributed by atoms with Gasteiger partial charge in [-0.25, -0.2) is 13.1 Å². The number of hydrogen-bond donors (Lipinski definition) is 1. The summed E-state index contributed by atoms with van der Waals surface area (Å²) in [6, 6.07) is 11.9. The Bertz CT molecular complexity index is 1050. The van der Waals surface area contributed by atoms with Crippen molar-refractivity contribution >= 4 is 10.0 Å². The summed E-state index contributed by atoms with van der Waals surface area (Å²) in [6.07, 6.45) is 0.654. The third-order valence-electron chi connectivity index (χ3n) is 4.17. The van der Waals surface area contributed by atoms with E-state index >= 15 is 0 Å². The topological polar surface area (TPSA) is 104 Å². The van der Waals surface area contributed by atoms with Crippen molar-refractivity contribution in [2.24, 2.45) is 0 Å². The van der Waals surface area contributed by atoms with Gasteiger partial charge in [0.1, 0.15) is 11.5 Å². The summed E-state index contributed by atoms with van der Waals surface area (Å²) >= 11 is 0. The maximum atomic E-state index is 12.6. The average Bonchev–Trinajstić information content (AvgIpc) is 3.21. The Morgan fingerprint density at radius 2 is 1.82 bits per heavy atom. The van der Waals surface area contributed by atoms with E-state index in [0.29, 0.717) is 23.7 Å². The summed E-state index contributed by atoms with van der Waals surface area (Å²) < 4.78 is 43.1. The molecule has 148 valence electrons. The number of benzene rings is 2. The summed E-state index contributed by atoms with van der Waals surface area (Å²) in [6.45, 7) is 1.82. The van der Waals surface area contributed by atoms with E-state index in [9.17, 15) is 8.42 Å². The molecule has 0 bridgehead atoms. The number of hydrogen-bond acceptors (Lipinski definition) is 7. The molecule has 0 saturated heterocycles. The molecule has 3 aromatic rings. The first-order valence-electron chi connectivity index (χ1n) is 8.60. The minimum Gasteiger partial charge on any atom is -0.497 e. The van der Waals surface area contributed by atoms with Gasteiger partial charge in [-0.1, -0.05) is 12.1 Å². The molecule has 0 radical (unpaired) electrons. The van der Waals surface area contributed by atoms with Crippen LogP contribution in [0.5, 0.6) is 11.5 Å². The lowest BCUT2D eigenvalue weighted by atomic mass is 10.1. The van der Waals surface area contributed by atoms with Crippen LogP contribution in [-0.4, -0.2) is 32.8 Å². The molecule has 28 heavy (non-hydrogen) atoms. The molecule has 0 saturated carbocycles. The van der Waals surface area contributed by atoms with Crippen molar-refractivity contribution in [1.82, 2.24) is 14.9 Å². The highest BCUT2D eigenvalue weighted by Crippen LogP contribution is 2.23. The Hall–Kier alpha value is -2.91. The van der Waals surface area contributed by atoms with Crippen molar-refractivity contribution in [1.29, 1.82) is 0 Å². The molecule has 0 aliphatic heterocycles. The van der Waals surface area contributed by atoms with Gasteiger partial charge in [0.05, 0.1) is 25.7 Å². The maximum Gasteiger partial charge on any atom is 0.242 e. The molecule has 0 fully saturated rings. The summed E-state index contributed by atoms with van der Waals surface area (Å²) in [4.78, 5) is 4.38. The first-order valence-corrected chi connectivity index (χ1v) is 10.1. The van der Waals surface area contributed by atoms with Crippen LogP contribution in [0.15, 0.2) is 51.9 Å². The standard InChI is InChI=1S/C19H21N3O5S/c1-4-13-11-16(9-10-17(13)26-3)28(23,24)20-12-18-21-19(22-27-18)14-5-7-15(25-2)8-6-14/h5-11,20H,4,12H2,1-3H3. The van der Waals surface area contributed by atoms with Crippen molar-refractivity contribution < 1.29 is 22.4 Å². The molecular weight excluding hydrogens is 382 g/mol. The molecule has 2 aromatic carbocycles. The number of sulfonamides is 1. The molecule has 1 heterocycles. The first-order chi connectivity index (χ1) is 13.5. The second-order valence-corrected chi connectivity index (χ2v) is 7.66. The van der Waals surface area contributed by atoms with Gasteiger partial charge in [0.25, 0.3) is 0 Å². The largest absolute Gasteiger partial charge is 0.497 e. The molecule has 0 aliphatic carbocycles. The van der Waals surface area contributed by atoms with E-state index in [4.69, 9.17) is 14.0 Å². The number of nitrogens with zero attached hydrogens (tertiary/aromatic N) is 2. The smallest absolute Gasteiger partial charge is 0.242 e. The number of aryl methyl sites for hydroxylation is 1. The van der Waals surface area contributed by atoms with Gasteiger partial charge in [-0.05, 0) is 54.4 Å². The van der Waals surface area contributed by atoms with E-state index < -0.39 is 10.0 Å². The number of rotatable bonds is 8. The van der Waals surface area contributed by atoms with Gasteiger partial charge in [-0.15, -0.1) is 0 Å². The van der Waals surface area contributed by atoms with Gasteiger partial charge in [-0.2, -0.15) is 4.98 Å². The predicted molar refractivity (Wildman–Crippen MR) is 103 cm³/mol. The Morgan fingerprint density at radius 3 is 2.46 bits per heavy atom. The van der Waals surface area contributed by atoms with E-state index in [1.165, 1.54) is 6.07 Å². The lowest BCUT2D eigenvalue weighted by Gasteiger charge is -2.10. The normalized spacial score (nSPS) is 11.4. The molecule has 0 spiro atoms. The Morgan fingerprint density at radius 1 is 1.07 bits per heavy atom. The van der Waals surface area contributed by atoms with Gasteiger partial charge >= 0.3 is 0 Å². The van der Waals surface area contributed by atoms with E-state index in [0.717, 1.165) is 11.1 Å². The molecule has 9 heteroatoms. The summed E-state index contributed by atoms with van der Waals surface area (Å²) in [7, 11) is -0.595. The SMILES string of the molecule is CCc1cc(S(=O)(=O)NCc2nc(-c3ccc(OC)cc3)no2)ccc1OC. The van der Waals surface area contributed by atoms with Crippen molar-refractivity contribution in [2.75, 3.05) is 14.2 Å². The van der Waals surface area contributed by atoms with Gasteiger partial charge < -0.3 is 14.0 Å². The molecule has 1 aromatic heterocycles. The lowest BCUT2D eigenvalue weighted by Crippen LogP contribution is -2.23. The molecule has 0 amide bonds. The van der Waals surface area contributed by atoms with Crippen LogP contribution in [0.1, 0.15) is 18.4 Å². The van der Waals surface area contributed by atoms with Crippen LogP contribution >= 0.6 is 0 Å². The fourth-order valence-corrected chi connectivity index (χ4v) is 3.65. The van der Waals surface area contributed by atoms with Crippen LogP contribution in [-0.2, 0) is 23.0 Å². The van der Waals surface area contributed by atoms with E-state index in [1.54, 1.807) is 50.6 Å². The molecule has 0 aliphatic rings. The zero-order valence-corrected chi connectivity index (χ0v) is 16.6. The minimum atomic E-state index is -3.73. The average molecular weight is 403 g/mol. The Labute approximate surface area is 163 Å². The monoisotopic (exact) mass is 403 g/mol. The van der Waals surface area contributed by atoms with Crippen LogP contribution in [0.4, 0.5) is 0 Å². The minimum absolute atomic E-state index is 0.112. The van der Waals surface area contributed by atoms with Crippen molar-refractivity contribution in [3.05, 3.63) is 53.9 Å². The molecule has 8 nitrogen and oxygen atoms in total. The predicted octanol–water partition coefficient (Wildman–Crippen LogP) is 2.79. The van der Waals surface area contributed by atoms with Gasteiger partial charge in [0, 0.05) is 5.56 Å². The second-order valence-electron chi connectivity index (χ2n) is 5.89. The van der Waals surface area contributed by atoms with Crippen molar-refractivity contribution in [3.63, 3.8) is 0 Å². The molecular formula is C19H21N3O5S. The maximum absolute atomic E-state index is 12.6. The third kappa shape index (κ3) is 4.32. The third-order valence-corrected chi connectivity index (χ3v) is 5.57. The van der Waals surface area contributed by atoms with Crippen LogP contribution in [0.2, 0.25) is 0 Å². The molecule has 3 rings (SSSR count). The van der Waals surface area contributed by atoms with Gasteiger partial charge in [0.15, 0.2) is 0 Å². The summed E-state index contributed by atoms with van der Waals surface area (Å²) in [5.41, 5.74) is 1.55. The Kier molecular flexibility index (Phi) is 5.96. The molecule has 1 N–H and O–H groups in total. The van der Waals surface area contributed by atoms with Crippen LogP contribution in [0.25, 0.3) is 11.4 Å². The van der Waals surface area contributed by atoms with Gasteiger partial charge in [0.2, 0.25) is 21.7 Å². The van der Waals surface area contributed by atoms with Crippen molar-refractivity contribution in [3.8, 4) is 22.9 Å². The zero-order chi connectivity index (χ0) is 20.1. The van der Waals surface area contributed by atoms with Crippen LogP contribution < -0.4 is 14.2 Å². The van der Waals surface area contributed by atoms with E-state index in [1.807, 2.05) is 6.92 Å². The van der Waals surface area contributed by atoms with Crippen molar-refractivity contribution in [2.45, 2.75) is 24.8 Å². The summed E-state index contributed by atoms with van der Waals surface area (Å²) in [5.74, 6) is 1.90. The number of aromatic nitrogens is 2. The zero-order valence-electron chi connectivity index (χ0n) is 15.8. The fraction of sp³-hybridized carbons (Fsp3) is 0.263. The summed E-state index contributed by atoms with van der Waals surface area (Å²) in [5, 5.41) is 3.89. The highest BCUT2D eigenvalue weighted by Gasteiger charge is 2.18.